The Bertz CT molecular complexity index is 1530. The molecular weight excluding hydrogens is 568 g/mol. The first kappa shape index (κ1) is 29.0. The van der Waals surface area contributed by atoms with E-state index in [9.17, 15) is 19.5 Å². The monoisotopic (exact) mass is 604 g/mol. The molecule has 11 heteroatoms. The Kier molecular flexibility index (Phi) is 8.25. The number of carbonyl (C=O) groups excluding carboxylic acids is 2. The zero-order valence-corrected chi connectivity index (χ0v) is 24.8. The third-order valence-corrected chi connectivity index (χ3v) is 9.49. The highest BCUT2D eigenvalue weighted by Gasteiger charge is 2.61. The number of aromatic nitrogens is 1. The van der Waals surface area contributed by atoms with Gasteiger partial charge in [-0.15, -0.1) is 0 Å². The number of amides is 2. The Morgan fingerprint density at radius 2 is 2.00 bits per heavy atom. The molecule has 6 rings (SSSR count). The number of carboxylic acids is 1. The molecule has 2 aliphatic heterocycles. The fourth-order valence-corrected chi connectivity index (χ4v) is 7.00. The number of carboxylic acid groups (broad SMARTS) is 1. The molecule has 0 radical (unpaired) electrons. The van der Waals surface area contributed by atoms with Gasteiger partial charge in [-0.25, -0.2) is 9.78 Å². The number of anilines is 1. The summed E-state index contributed by atoms with van der Waals surface area (Å²) in [5.74, 6) is -1.29. The average Bonchev–Trinajstić information content (AvgIpc) is 3.32. The van der Waals surface area contributed by atoms with Crippen molar-refractivity contribution in [2.75, 3.05) is 19.0 Å². The number of fused-ring (bicyclic) bond motifs is 3. The maximum absolute atomic E-state index is 14.2. The number of aliphatic carboxylic acids is 1. The fourth-order valence-electron chi connectivity index (χ4n) is 6.09. The van der Waals surface area contributed by atoms with Crippen molar-refractivity contribution in [2.24, 2.45) is 5.92 Å². The van der Waals surface area contributed by atoms with Gasteiger partial charge in [0.15, 0.2) is 0 Å². The van der Waals surface area contributed by atoms with E-state index in [1.165, 1.54) is 11.3 Å². The van der Waals surface area contributed by atoms with Crippen molar-refractivity contribution in [1.82, 2.24) is 15.2 Å². The van der Waals surface area contributed by atoms with Crippen LogP contribution in [0.1, 0.15) is 44.9 Å². The molecule has 43 heavy (non-hydrogen) atoms. The lowest BCUT2D eigenvalue weighted by Crippen LogP contribution is -2.55. The van der Waals surface area contributed by atoms with Gasteiger partial charge in [0, 0.05) is 18.0 Å². The Labute approximate surface area is 254 Å². The molecular formula is C32H36N4O6S. The number of hydrogen-bond donors (Lipinski definition) is 3. The quantitative estimate of drug-likeness (QED) is 0.348. The van der Waals surface area contributed by atoms with Crippen molar-refractivity contribution in [1.29, 1.82) is 0 Å². The maximum Gasteiger partial charge on any atom is 0.330 e. The fraction of sp³-hybridized carbons (Fsp3) is 0.438. The van der Waals surface area contributed by atoms with Crippen molar-refractivity contribution in [3.8, 4) is 10.9 Å². The van der Waals surface area contributed by atoms with Crippen molar-refractivity contribution >= 4 is 45.0 Å². The van der Waals surface area contributed by atoms with Crippen molar-refractivity contribution in [3.63, 3.8) is 0 Å². The molecule has 3 aliphatic rings. The molecule has 3 N–H and O–H groups in total. The van der Waals surface area contributed by atoms with E-state index in [0.29, 0.717) is 23.8 Å². The first-order valence-electron chi connectivity index (χ1n) is 14.8. The van der Waals surface area contributed by atoms with Crippen LogP contribution < -0.4 is 20.1 Å². The number of benzene rings is 2. The molecule has 0 bridgehead atoms. The minimum absolute atomic E-state index is 0.187. The number of allylic oxidation sites excluding steroid dienone is 1. The zero-order chi connectivity index (χ0) is 30.0. The second kappa shape index (κ2) is 12.2. The van der Waals surface area contributed by atoms with Gasteiger partial charge in [-0.05, 0) is 56.0 Å². The van der Waals surface area contributed by atoms with Gasteiger partial charge in [0.2, 0.25) is 11.8 Å². The zero-order valence-electron chi connectivity index (χ0n) is 24.0. The Morgan fingerprint density at radius 3 is 2.79 bits per heavy atom. The van der Waals surface area contributed by atoms with Gasteiger partial charge in [-0.3, -0.25) is 9.59 Å². The molecule has 5 atom stereocenters. The van der Waals surface area contributed by atoms with Crippen LogP contribution in [0, 0.1) is 5.92 Å². The van der Waals surface area contributed by atoms with Crippen LogP contribution in [0.4, 0.5) is 5.69 Å². The van der Waals surface area contributed by atoms with Crippen molar-refractivity contribution < 1.29 is 29.0 Å². The molecule has 2 fully saturated rings. The van der Waals surface area contributed by atoms with E-state index in [-0.39, 0.29) is 24.8 Å². The first-order valence-corrected chi connectivity index (χ1v) is 15.6. The van der Waals surface area contributed by atoms with Crippen LogP contribution in [0.2, 0.25) is 0 Å². The summed E-state index contributed by atoms with van der Waals surface area (Å²) in [4.78, 5) is 46.5. The summed E-state index contributed by atoms with van der Waals surface area (Å²) in [5, 5.41) is 16.7. The van der Waals surface area contributed by atoms with E-state index < -0.39 is 35.6 Å². The summed E-state index contributed by atoms with van der Waals surface area (Å²) < 4.78 is 12.5. The highest BCUT2D eigenvalue weighted by atomic mass is 32.1. The number of ether oxygens (including phenoxy) is 2. The van der Waals surface area contributed by atoms with Crippen LogP contribution in [0.15, 0.2) is 60.7 Å². The van der Waals surface area contributed by atoms with Crippen molar-refractivity contribution in [3.05, 3.63) is 60.7 Å². The topological polar surface area (TPSA) is 130 Å². The van der Waals surface area contributed by atoms with Crippen LogP contribution in [0.5, 0.6) is 10.9 Å². The van der Waals surface area contributed by atoms with Crippen LogP contribution in [0.3, 0.4) is 0 Å². The van der Waals surface area contributed by atoms with E-state index in [4.69, 9.17) is 9.47 Å². The third kappa shape index (κ3) is 6.17. The number of para-hydroxylation sites is 1. The standard InChI is InChI=1S/C32H36N4O6S/c1-41-22-14-15-24-27(17-22)43-31(34-24)42-23-16-26-28(37)35-32(30(39)40)18-20(32)10-6-3-2-4-9-13-25(29(38)36(26)19-23)33-21-11-7-5-8-12-21/h5-8,10-12,14-15,17,20,23,25-26,33H,2-4,9,13,16,18-19H2,1H3,(H,35,37)(H,39,40)/t20-,23-,25+,26+,32-/m1/s1. The van der Waals surface area contributed by atoms with E-state index in [0.717, 1.165) is 41.6 Å². The second-order valence-electron chi connectivity index (χ2n) is 11.5. The number of nitrogens with one attached hydrogen (secondary N) is 2. The summed E-state index contributed by atoms with van der Waals surface area (Å²) in [7, 11) is 1.61. The molecule has 3 heterocycles. The molecule has 2 amide bonds. The maximum atomic E-state index is 14.2. The van der Waals surface area contributed by atoms with E-state index >= 15 is 0 Å². The molecule has 2 aromatic carbocycles. The van der Waals surface area contributed by atoms with Gasteiger partial charge >= 0.3 is 5.97 Å². The van der Waals surface area contributed by atoms with Crippen LogP contribution in [-0.4, -0.2) is 70.2 Å². The highest BCUT2D eigenvalue weighted by Crippen LogP contribution is 2.45. The Hall–Kier alpha value is -4.12. The normalized spacial score (nSPS) is 27.8. The second-order valence-corrected chi connectivity index (χ2v) is 12.5. The summed E-state index contributed by atoms with van der Waals surface area (Å²) in [6.45, 7) is 0.187. The van der Waals surface area contributed by atoms with E-state index in [2.05, 4.69) is 15.6 Å². The predicted molar refractivity (Wildman–Crippen MR) is 163 cm³/mol. The molecule has 0 unspecified atom stereocenters. The lowest BCUT2D eigenvalue weighted by molar-refractivity contribution is -0.145. The van der Waals surface area contributed by atoms with Crippen LogP contribution in [-0.2, 0) is 14.4 Å². The summed E-state index contributed by atoms with van der Waals surface area (Å²) in [6, 6.07) is 13.7. The number of thiazole rings is 1. The number of nitrogens with zero attached hydrogens (tertiary/aromatic N) is 2. The lowest BCUT2D eigenvalue weighted by atomic mass is 10.0. The minimum atomic E-state index is -1.35. The van der Waals surface area contributed by atoms with Gasteiger partial charge in [0.1, 0.15) is 29.5 Å². The summed E-state index contributed by atoms with van der Waals surface area (Å²) >= 11 is 1.37. The SMILES string of the molecule is COc1ccc2nc(O[C@@H]3C[C@H]4C(=O)N[C@]5(C(=O)O)C[C@H]5C=CCCCCC[C@H](Nc5ccccc5)C(=O)N4C3)sc2c1. The molecule has 1 saturated carbocycles. The molecule has 1 aromatic heterocycles. The Morgan fingerprint density at radius 1 is 1.16 bits per heavy atom. The number of carbonyl (C=O) groups is 3. The van der Waals surface area contributed by atoms with Gasteiger partial charge < -0.3 is 30.1 Å². The number of rotatable bonds is 6. The summed E-state index contributed by atoms with van der Waals surface area (Å²) in [6.07, 6.45) is 8.16. The largest absolute Gasteiger partial charge is 0.497 e. The highest BCUT2D eigenvalue weighted by molar-refractivity contribution is 7.20. The molecule has 226 valence electrons. The predicted octanol–water partition coefficient (Wildman–Crippen LogP) is 4.61. The number of methoxy groups -OCH3 is 1. The van der Waals surface area contributed by atoms with E-state index in [1.807, 2.05) is 60.7 Å². The Balaban J connectivity index is 1.28. The number of hydrogen-bond acceptors (Lipinski definition) is 8. The van der Waals surface area contributed by atoms with E-state index in [1.54, 1.807) is 12.0 Å². The van der Waals surface area contributed by atoms with Gasteiger partial charge in [-0.2, -0.15) is 0 Å². The molecule has 1 saturated heterocycles. The van der Waals surface area contributed by atoms with Crippen LogP contribution >= 0.6 is 11.3 Å². The molecule has 10 nitrogen and oxygen atoms in total. The van der Waals surface area contributed by atoms with Crippen molar-refractivity contribution in [2.45, 2.75) is 68.7 Å². The summed E-state index contributed by atoms with van der Waals surface area (Å²) in [5.41, 5.74) is 0.242. The first-order chi connectivity index (χ1) is 20.9. The smallest absolute Gasteiger partial charge is 0.330 e. The molecule has 3 aromatic rings. The van der Waals surface area contributed by atoms with Gasteiger partial charge in [-0.1, -0.05) is 54.5 Å². The van der Waals surface area contributed by atoms with Gasteiger partial charge in [0.25, 0.3) is 5.19 Å². The average molecular weight is 605 g/mol. The van der Waals surface area contributed by atoms with Crippen LogP contribution in [0.25, 0.3) is 10.2 Å². The molecule has 0 spiro atoms. The molecule has 1 aliphatic carbocycles. The minimum Gasteiger partial charge on any atom is -0.497 e. The van der Waals surface area contributed by atoms with Gasteiger partial charge in [0.05, 0.1) is 23.9 Å². The lowest BCUT2D eigenvalue weighted by Gasteiger charge is -2.30. The third-order valence-electron chi connectivity index (χ3n) is 8.58.